The third-order valence-corrected chi connectivity index (χ3v) is 4.41. The van der Waals surface area contributed by atoms with Gasteiger partial charge in [-0.3, -0.25) is 4.79 Å². The standard InChI is InChI=1S/C20H14BrF3N2O2/c21-16-7-6-14(10-17(16)28-12-13-4-2-1-3-5-13)19(27)26-18-11-15(8-9-25-18)20(22,23)24/h1-11H,12H2,(H,25,26,27). The molecule has 1 N–H and O–H groups in total. The maximum Gasteiger partial charge on any atom is 0.416 e. The van der Waals surface area contributed by atoms with Crippen molar-refractivity contribution in [3.05, 3.63) is 88.0 Å². The fourth-order valence-corrected chi connectivity index (χ4v) is 2.72. The Labute approximate surface area is 167 Å². The molecule has 4 nitrogen and oxygen atoms in total. The van der Waals surface area contributed by atoms with Gasteiger partial charge in [0.05, 0.1) is 10.0 Å². The fraction of sp³-hybridized carbons (Fsp3) is 0.100. The summed E-state index contributed by atoms with van der Waals surface area (Å²) in [6, 6.07) is 15.8. The topological polar surface area (TPSA) is 51.2 Å². The lowest BCUT2D eigenvalue weighted by atomic mass is 10.2. The molecule has 0 saturated carbocycles. The van der Waals surface area contributed by atoms with Crippen molar-refractivity contribution in [3.8, 4) is 5.75 Å². The first-order chi connectivity index (χ1) is 13.3. The highest BCUT2D eigenvalue weighted by atomic mass is 79.9. The van der Waals surface area contributed by atoms with Gasteiger partial charge in [0.1, 0.15) is 18.2 Å². The van der Waals surface area contributed by atoms with Crippen molar-refractivity contribution in [2.75, 3.05) is 5.32 Å². The molecule has 0 aliphatic heterocycles. The van der Waals surface area contributed by atoms with E-state index < -0.39 is 17.6 Å². The Kier molecular flexibility index (Phi) is 5.99. The zero-order valence-electron chi connectivity index (χ0n) is 14.3. The molecule has 0 saturated heterocycles. The largest absolute Gasteiger partial charge is 0.488 e. The van der Waals surface area contributed by atoms with Crippen LogP contribution < -0.4 is 10.1 Å². The molecule has 0 spiro atoms. The quantitative estimate of drug-likeness (QED) is 0.542. The molecule has 0 aliphatic rings. The molecule has 0 radical (unpaired) electrons. The van der Waals surface area contributed by atoms with E-state index in [1.807, 2.05) is 30.3 Å². The van der Waals surface area contributed by atoms with Gasteiger partial charge < -0.3 is 10.1 Å². The van der Waals surface area contributed by atoms with Gasteiger partial charge in [0.2, 0.25) is 0 Å². The van der Waals surface area contributed by atoms with Crippen LogP contribution in [-0.4, -0.2) is 10.9 Å². The summed E-state index contributed by atoms with van der Waals surface area (Å²) in [4.78, 5) is 16.2. The SMILES string of the molecule is O=C(Nc1cc(C(F)(F)F)ccn1)c1ccc(Br)c(OCc2ccccc2)c1. The molecule has 3 aromatic rings. The van der Waals surface area contributed by atoms with E-state index in [1.54, 1.807) is 6.07 Å². The van der Waals surface area contributed by atoms with Crippen LogP contribution in [0.15, 0.2) is 71.3 Å². The van der Waals surface area contributed by atoms with Crippen LogP contribution in [0, 0.1) is 0 Å². The Hall–Kier alpha value is -2.87. The summed E-state index contributed by atoms with van der Waals surface area (Å²) in [5, 5.41) is 2.37. The predicted molar refractivity (Wildman–Crippen MR) is 102 cm³/mol. The van der Waals surface area contributed by atoms with Gasteiger partial charge in [-0.25, -0.2) is 4.98 Å². The molecule has 0 bridgehead atoms. The summed E-state index contributed by atoms with van der Waals surface area (Å²) >= 11 is 3.36. The average molecular weight is 451 g/mol. The van der Waals surface area contributed by atoms with Crippen LogP contribution >= 0.6 is 15.9 Å². The number of amides is 1. The van der Waals surface area contributed by atoms with E-state index in [1.165, 1.54) is 12.1 Å². The number of nitrogens with zero attached hydrogens (tertiary/aromatic N) is 1. The second kappa shape index (κ2) is 8.43. The lowest BCUT2D eigenvalue weighted by Gasteiger charge is -2.11. The normalized spacial score (nSPS) is 11.1. The number of rotatable bonds is 5. The van der Waals surface area contributed by atoms with Crippen molar-refractivity contribution < 1.29 is 22.7 Å². The monoisotopic (exact) mass is 450 g/mol. The van der Waals surface area contributed by atoms with Gasteiger partial charge in [0.25, 0.3) is 5.91 Å². The zero-order valence-corrected chi connectivity index (χ0v) is 15.9. The highest BCUT2D eigenvalue weighted by Crippen LogP contribution is 2.30. The maximum atomic E-state index is 12.8. The number of carbonyl (C=O) groups excluding carboxylic acids is 1. The number of pyridine rings is 1. The molecule has 1 amide bonds. The van der Waals surface area contributed by atoms with Crippen molar-refractivity contribution in [1.29, 1.82) is 0 Å². The number of ether oxygens (including phenoxy) is 1. The molecule has 0 atom stereocenters. The number of anilines is 1. The van der Waals surface area contributed by atoms with Gasteiger partial charge in [-0.15, -0.1) is 0 Å². The van der Waals surface area contributed by atoms with Crippen LogP contribution in [0.3, 0.4) is 0 Å². The third-order valence-electron chi connectivity index (χ3n) is 3.76. The molecule has 1 heterocycles. The molecule has 1 aromatic heterocycles. The van der Waals surface area contributed by atoms with E-state index in [2.05, 4.69) is 26.2 Å². The first-order valence-electron chi connectivity index (χ1n) is 8.14. The van der Waals surface area contributed by atoms with Crippen LogP contribution in [0.25, 0.3) is 0 Å². The van der Waals surface area contributed by atoms with E-state index in [0.29, 0.717) is 16.8 Å². The van der Waals surface area contributed by atoms with Gasteiger partial charge in [-0.05, 0) is 51.8 Å². The minimum absolute atomic E-state index is 0.186. The van der Waals surface area contributed by atoms with Crippen LogP contribution in [0.4, 0.5) is 19.0 Å². The Morgan fingerprint density at radius 1 is 1.07 bits per heavy atom. The van der Waals surface area contributed by atoms with Crippen LogP contribution in [-0.2, 0) is 12.8 Å². The lowest BCUT2D eigenvalue weighted by molar-refractivity contribution is -0.137. The summed E-state index contributed by atoms with van der Waals surface area (Å²) in [6.07, 6.45) is -3.52. The highest BCUT2D eigenvalue weighted by Gasteiger charge is 2.30. The van der Waals surface area contributed by atoms with Crippen LogP contribution in [0.2, 0.25) is 0 Å². The Morgan fingerprint density at radius 2 is 1.82 bits per heavy atom. The Balaban J connectivity index is 1.74. The number of hydrogen-bond acceptors (Lipinski definition) is 3. The number of nitrogens with one attached hydrogen (secondary N) is 1. The summed E-state index contributed by atoms with van der Waals surface area (Å²) in [7, 11) is 0. The van der Waals surface area contributed by atoms with Crippen molar-refractivity contribution >= 4 is 27.7 Å². The van der Waals surface area contributed by atoms with E-state index in [0.717, 1.165) is 23.9 Å². The van der Waals surface area contributed by atoms with Crippen molar-refractivity contribution in [3.63, 3.8) is 0 Å². The number of aromatic nitrogens is 1. The predicted octanol–water partition coefficient (Wildman–Crippen LogP) is 5.69. The zero-order chi connectivity index (χ0) is 20.1. The number of benzene rings is 2. The minimum atomic E-state index is -4.52. The number of hydrogen-bond donors (Lipinski definition) is 1. The van der Waals surface area contributed by atoms with E-state index >= 15 is 0 Å². The Morgan fingerprint density at radius 3 is 2.54 bits per heavy atom. The lowest BCUT2D eigenvalue weighted by Crippen LogP contribution is -2.14. The van der Waals surface area contributed by atoms with Crippen LogP contribution in [0.5, 0.6) is 5.75 Å². The van der Waals surface area contributed by atoms with Crippen molar-refractivity contribution in [1.82, 2.24) is 4.98 Å². The number of carbonyl (C=O) groups is 1. The van der Waals surface area contributed by atoms with Gasteiger partial charge in [-0.2, -0.15) is 13.2 Å². The molecule has 0 fully saturated rings. The fourth-order valence-electron chi connectivity index (χ4n) is 2.35. The first-order valence-corrected chi connectivity index (χ1v) is 8.93. The maximum absolute atomic E-state index is 12.8. The molecule has 3 rings (SSSR count). The summed E-state index contributed by atoms with van der Waals surface area (Å²) in [5.41, 5.74) is 0.295. The number of halogens is 4. The number of alkyl halides is 3. The summed E-state index contributed by atoms with van der Waals surface area (Å²) in [5.74, 6) is -0.341. The average Bonchev–Trinajstić information content (AvgIpc) is 2.67. The van der Waals surface area contributed by atoms with Gasteiger partial charge >= 0.3 is 6.18 Å². The summed E-state index contributed by atoms with van der Waals surface area (Å²) in [6.45, 7) is 0.305. The minimum Gasteiger partial charge on any atom is -0.488 e. The van der Waals surface area contributed by atoms with Crippen molar-refractivity contribution in [2.24, 2.45) is 0 Å². The second-order valence-electron chi connectivity index (χ2n) is 5.80. The van der Waals surface area contributed by atoms with E-state index in [-0.39, 0.29) is 11.4 Å². The van der Waals surface area contributed by atoms with Gasteiger partial charge in [0.15, 0.2) is 0 Å². The molecule has 8 heteroatoms. The van der Waals surface area contributed by atoms with Gasteiger partial charge in [-0.1, -0.05) is 30.3 Å². The van der Waals surface area contributed by atoms with Crippen LogP contribution in [0.1, 0.15) is 21.5 Å². The van der Waals surface area contributed by atoms with E-state index in [9.17, 15) is 18.0 Å². The second-order valence-corrected chi connectivity index (χ2v) is 6.66. The van der Waals surface area contributed by atoms with E-state index in [4.69, 9.17) is 4.74 Å². The van der Waals surface area contributed by atoms with Crippen molar-refractivity contribution in [2.45, 2.75) is 12.8 Å². The van der Waals surface area contributed by atoms with Gasteiger partial charge in [0, 0.05) is 11.8 Å². The molecule has 28 heavy (non-hydrogen) atoms. The molecule has 0 unspecified atom stereocenters. The molecule has 144 valence electrons. The summed E-state index contributed by atoms with van der Waals surface area (Å²) < 4.78 is 44.8. The highest BCUT2D eigenvalue weighted by molar-refractivity contribution is 9.10. The molecule has 2 aromatic carbocycles. The first kappa shape index (κ1) is 19.9. The molecular weight excluding hydrogens is 437 g/mol. The Bertz CT molecular complexity index is 979. The third kappa shape index (κ3) is 5.10. The molecule has 0 aliphatic carbocycles. The molecular formula is C20H14BrF3N2O2. The smallest absolute Gasteiger partial charge is 0.416 e.